The molecule has 1 aromatic rings. The van der Waals surface area contributed by atoms with E-state index in [4.69, 9.17) is 11.5 Å². The highest BCUT2D eigenvalue weighted by Gasteiger charge is 2.10. The molecular formula is C11H10FNO2. The number of terminal acetylenes is 1. The van der Waals surface area contributed by atoms with Gasteiger partial charge in [-0.25, -0.2) is 9.18 Å². The topological polar surface area (TPSA) is 40.5 Å². The van der Waals surface area contributed by atoms with Crippen LogP contribution in [0.25, 0.3) is 0 Å². The van der Waals surface area contributed by atoms with Gasteiger partial charge in [0.2, 0.25) is 0 Å². The van der Waals surface area contributed by atoms with E-state index in [2.05, 4.69) is 5.92 Å². The first-order chi connectivity index (χ1) is 7.06. The number of benzene rings is 1. The van der Waals surface area contributed by atoms with Crippen molar-refractivity contribution in [2.75, 3.05) is 18.5 Å². The zero-order valence-corrected chi connectivity index (χ0v) is 8.20. The summed E-state index contributed by atoms with van der Waals surface area (Å²) in [6.07, 6.45) is 5.09. The van der Waals surface area contributed by atoms with Gasteiger partial charge in [-0.1, -0.05) is 5.92 Å². The molecule has 0 fully saturated rings. The maximum atomic E-state index is 13.4. The zero-order valence-electron chi connectivity index (χ0n) is 8.20. The average molecular weight is 207 g/mol. The number of carboxylic acids is 1. The molecule has 78 valence electrons. The van der Waals surface area contributed by atoms with Crippen molar-refractivity contribution < 1.29 is 14.3 Å². The van der Waals surface area contributed by atoms with Gasteiger partial charge in [-0.05, 0) is 18.2 Å². The molecule has 0 saturated carbocycles. The summed E-state index contributed by atoms with van der Waals surface area (Å²) < 4.78 is 13.4. The number of rotatable bonds is 3. The van der Waals surface area contributed by atoms with Crippen molar-refractivity contribution in [3.8, 4) is 12.3 Å². The lowest BCUT2D eigenvalue weighted by molar-refractivity contribution is 0.0696. The second kappa shape index (κ2) is 4.47. The van der Waals surface area contributed by atoms with E-state index in [1.165, 1.54) is 17.0 Å². The zero-order chi connectivity index (χ0) is 11.4. The molecule has 0 aromatic heterocycles. The first-order valence-electron chi connectivity index (χ1n) is 4.23. The van der Waals surface area contributed by atoms with E-state index in [1.54, 1.807) is 7.05 Å². The highest BCUT2D eigenvalue weighted by atomic mass is 19.1. The monoisotopic (exact) mass is 207 g/mol. The van der Waals surface area contributed by atoms with Gasteiger partial charge in [-0.15, -0.1) is 6.42 Å². The Labute approximate surface area is 87.1 Å². The summed E-state index contributed by atoms with van der Waals surface area (Å²) in [5.41, 5.74) is 0.211. The first-order valence-corrected chi connectivity index (χ1v) is 4.23. The van der Waals surface area contributed by atoms with Crippen LogP contribution in [0.2, 0.25) is 0 Å². The number of halogens is 1. The normalized spacial score (nSPS) is 9.40. The molecule has 0 bridgehead atoms. The number of aromatic carboxylic acids is 1. The Hall–Kier alpha value is -2.02. The molecule has 15 heavy (non-hydrogen) atoms. The molecule has 0 atom stereocenters. The van der Waals surface area contributed by atoms with Crippen LogP contribution in [0.15, 0.2) is 18.2 Å². The van der Waals surface area contributed by atoms with E-state index in [-0.39, 0.29) is 17.8 Å². The van der Waals surface area contributed by atoms with Gasteiger partial charge in [-0.2, -0.15) is 0 Å². The summed E-state index contributed by atoms with van der Waals surface area (Å²) in [4.78, 5) is 12.1. The highest BCUT2D eigenvalue weighted by Crippen LogP contribution is 2.19. The Morgan fingerprint density at radius 2 is 2.33 bits per heavy atom. The van der Waals surface area contributed by atoms with Crippen molar-refractivity contribution in [1.82, 2.24) is 0 Å². The maximum Gasteiger partial charge on any atom is 0.335 e. The Morgan fingerprint density at radius 3 is 2.80 bits per heavy atom. The molecule has 0 radical (unpaired) electrons. The van der Waals surface area contributed by atoms with E-state index in [0.717, 1.165) is 6.07 Å². The van der Waals surface area contributed by atoms with Gasteiger partial charge in [0.05, 0.1) is 17.8 Å². The summed E-state index contributed by atoms with van der Waals surface area (Å²) in [7, 11) is 1.64. The van der Waals surface area contributed by atoms with Crippen LogP contribution in [0.5, 0.6) is 0 Å². The molecule has 1 aromatic carbocycles. The van der Waals surface area contributed by atoms with Crippen molar-refractivity contribution in [2.45, 2.75) is 0 Å². The molecule has 0 aliphatic rings. The second-order valence-corrected chi connectivity index (χ2v) is 3.03. The molecule has 0 aliphatic carbocycles. The molecule has 3 nitrogen and oxygen atoms in total. The minimum Gasteiger partial charge on any atom is -0.478 e. The number of hydrogen-bond donors (Lipinski definition) is 1. The first kappa shape index (κ1) is 11.1. The van der Waals surface area contributed by atoms with Crippen LogP contribution in [-0.2, 0) is 0 Å². The number of hydrogen-bond acceptors (Lipinski definition) is 2. The summed E-state index contributed by atoms with van der Waals surface area (Å²) in [5.74, 6) is 0.631. The quantitative estimate of drug-likeness (QED) is 0.765. The Balaban J connectivity index is 3.03. The van der Waals surface area contributed by atoms with E-state index >= 15 is 0 Å². The Morgan fingerprint density at radius 1 is 1.67 bits per heavy atom. The third-order valence-corrected chi connectivity index (χ3v) is 1.93. The molecule has 0 aliphatic heterocycles. The van der Waals surface area contributed by atoms with E-state index in [0.29, 0.717) is 0 Å². The predicted molar refractivity (Wildman–Crippen MR) is 55.5 cm³/mol. The van der Waals surface area contributed by atoms with Crippen LogP contribution in [-0.4, -0.2) is 24.7 Å². The lowest BCUT2D eigenvalue weighted by Crippen LogP contribution is -2.18. The molecule has 0 saturated heterocycles. The number of nitrogens with zero attached hydrogens (tertiary/aromatic N) is 1. The SMILES string of the molecule is C#CCN(C)c1ccc(C(=O)O)cc1F. The summed E-state index contributed by atoms with van der Waals surface area (Å²) in [5, 5.41) is 8.63. The van der Waals surface area contributed by atoms with Crippen LogP contribution in [0.4, 0.5) is 10.1 Å². The third-order valence-electron chi connectivity index (χ3n) is 1.93. The molecule has 0 spiro atoms. The smallest absolute Gasteiger partial charge is 0.335 e. The van der Waals surface area contributed by atoms with Crippen molar-refractivity contribution >= 4 is 11.7 Å². The Bertz CT molecular complexity index is 423. The van der Waals surface area contributed by atoms with Gasteiger partial charge in [-0.3, -0.25) is 0 Å². The molecular weight excluding hydrogens is 197 g/mol. The summed E-state index contributed by atoms with van der Waals surface area (Å²) >= 11 is 0. The van der Waals surface area contributed by atoms with Crippen molar-refractivity contribution in [2.24, 2.45) is 0 Å². The minimum absolute atomic E-state index is 0.0784. The fraction of sp³-hybridized carbons (Fsp3) is 0.182. The van der Waals surface area contributed by atoms with Gasteiger partial charge in [0.1, 0.15) is 5.82 Å². The van der Waals surface area contributed by atoms with Crippen LogP contribution in [0, 0.1) is 18.2 Å². The van der Waals surface area contributed by atoms with Crippen molar-refractivity contribution in [3.63, 3.8) is 0 Å². The lowest BCUT2D eigenvalue weighted by atomic mass is 10.2. The fourth-order valence-corrected chi connectivity index (χ4v) is 1.17. The van der Waals surface area contributed by atoms with Crippen LogP contribution in [0.1, 0.15) is 10.4 Å². The number of anilines is 1. The van der Waals surface area contributed by atoms with Crippen LogP contribution in [0.3, 0.4) is 0 Å². The van der Waals surface area contributed by atoms with Crippen LogP contribution >= 0.6 is 0 Å². The molecule has 4 heteroatoms. The maximum absolute atomic E-state index is 13.4. The van der Waals surface area contributed by atoms with Gasteiger partial charge < -0.3 is 10.0 Å². The third kappa shape index (κ3) is 2.47. The van der Waals surface area contributed by atoms with Gasteiger partial charge in [0, 0.05) is 7.05 Å². The van der Waals surface area contributed by atoms with Gasteiger partial charge in [0.25, 0.3) is 0 Å². The summed E-state index contributed by atoms with van der Waals surface area (Å²) in [6.45, 7) is 0.267. The van der Waals surface area contributed by atoms with Crippen molar-refractivity contribution in [1.29, 1.82) is 0 Å². The largest absolute Gasteiger partial charge is 0.478 e. The average Bonchev–Trinajstić information content (AvgIpc) is 2.17. The second-order valence-electron chi connectivity index (χ2n) is 3.03. The van der Waals surface area contributed by atoms with Gasteiger partial charge in [0.15, 0.2) is 0 Å². The standard InChI is InChI=1S/C11H10FNO2/c1-3-6-13(2)10-5-4-8(11(14)15)7-9(10)12/h1,4-5,7H,6H2,2H3,(H,14,15). The minimum atomic E-state index is -1.15. The molecule has 0 unspecified atom stereocenters. The molecule has 1 N–H and O–H groups in total. The lowest BCUT2D eigenvalue weighted by Gasteiger charge is -2.16. The number of carbonyl (C=O) groups is 1. The fourth-order valence-electron chi connectivity index (χ4n) is 1.17. The number of carboxylic acid groups (broad SMARTS) is 1. The van der Waals surface area contributed by atoms with E-state index in [9.17, 15) is 9.18 Å². The van der Waals surface area contributed by atoms with E-state index < -0.39 is 11.8 Å². The molecule has 1 rings (SSSR count). The highest BCUT2D eigenvalue weighted by molar-refractivity contribution is 5.88. The Kier molecular flexibility index (Phi) is 3.29. The van der Waals surface area contributed by atoms with Crippen molar-refractivity contribution in [3.05, 3.63) is 29.6 Å². The predicted octanol–water partition coefficient (Wildman–Crippen LogP) is 1.59. The van der Waals surface area contributed by atoms with Crippen LogP contribution < -0.4 is 4.90 Å². The van der Waals surface area contributed by atoms with Gasteiger partial charge >= 0.3 is 5.97 Å². The van der Waals surface area contributed by atoms with E-state index in [1.807, 2.05) is 0 Å². The molecule has 0 amide bonds. The summed E-state index contributed by atoms with van der Waals surface area (Å²) in [6, 6.07) is 3.72. The molecule has 0 heterocycles.